The summed E-state index contributed by atoms with van der Waals surface area (Å²) < 4.78 is 59.7. The van der Waals surface area contributed by atoms with Crippen molar-refractivity contribution in [2.75, 3.05) is 19.8 Å². The number of halogens is 3. The Bertz CT molecular complexity index is 2760. The zero-order valence-electron chi connectivity index (χ0n) is 32.7. The van der Waals surface area contributed by atoms with Crippen LogP contribution >= 0.6 is 0 Å². The predicted octanol–water partition coefficient (Wildman–Crippen LogP) is 12.4. The maximum atomic E-state index is 14.3. The van der Waals surface area contributed by atoms with Crippen LogP contribution in [0, 0.1) is 0 Å². The molecule has 292 valence electrons. The van der Waals surface area contributed by atoms with Gasteiger partial charge in [-0.05, 0) is 119 Å². The molecular formula is C50H41F3O5. The summed E-state index contributed by atoms with van der Waals surface area (Å²) in [4.78, 5) is 25.5. The Hall–Kier alpha value is -6.41. The second kappa shape index (κ2) is 14.2. The molecule has 5 nitrogen and oxygen atoms in total. The third-order valence-corrected chi connectivity index (χ3v) is 11.3. The molecule has 7 aromatic rings. The lowest BCUT2D eigenvalue weighted by molar-refractivity contribution is -0.143. The Labute approximate surface area is 334 Å². The summed E-state index contributed by atoms with van der Waals surface area (Å²) in [7, 11) is 0. The van der Waals surface area contributed by atoms with Gasteiger partial charge in [0.15, 0.2) is 0 Å². The lowest BCUT2D eigenvalue weighted by Crippen LogP contribution is -2.38. The van der Waals surface area contributed by atoms with E-state index in [4.69, 9.17) is 14.2 Å². The molecule has 7 aromatic carbocycles. The van der Waals surface area contributed by atoms with E-state index in [2.05, 4.69) is 82.5 Å². The summed E-state index contributed by atoms with van der Waals surface area (Å²) in [5.74, 6) is -1.62. The smallest absolute Gasteiger partial charge is 0.419 e. The number of esters is 2. The number of fused-ring (bicyclic) bond motifs is 3. The summed E-state index contributed by atoms with van der Waals surface area (Å²) in [6.07, 6.45) is -2.55. The standard InChI is InChI=1S/C50H41F3O5/c1-7-44(54)57-27-49(28-58-45(55)8-2)40-24-30(31-16-21-43(56-9-3)42(25-31)50(51,52)53)13-18-37(40)38-19-14-32(26-41(38)49)36-17-12-29-10-11-33-22-35(48(4,5)6)23-34-15-20-39(36)47(29)46(33)34/h7-8,10-26H,1-2,9,27-28H2,3-6H3. The molecule has 0 fully saturated rings. The molecule has 0 amide bonds. The van der Waals surface area contributed by atoms with Gasteiger partial charge in [0, 0.05) is 12.2 Å². The third kappa shape index (κ3) is 6.46. The third-order valence-electron chi connectivity index (χ3n) is 11.3. The highest BCUT2D eigenvalue weighted by Gasteiger charge is 2.46. The van der Waals surface area contributed by atoms with Gasteiger partial charge in [0.05, 0.1) is 17.6 Å². The van der Waals surface area contributed by atoms with E-state index in [1.807, 2.05) is 24.3 Å². The van der Waals surface area contributed by atoms with Crippen molar-refractivity contribution in [2.45, 2.75) is 44.7 Å². The van der Waals surface area contributed by atoms with Gasteiger partial charge >= 0.3 is 18.1 Å². The highest BCUT2D eigenvalue weighted by atomic mass is 19.4. The average Bonchev–Trinajstić information content (AvgIpc) is 3.48. The molecule has 1 aliphatic carbocycles. The van der Waals surface area contributed by atoms with Crippen LogP contribution in [0.5, 0.6) is 5.75 Å². The molecule has 0 heterocycles. The molecule has 0 saturated carbocycles. The Morgan fingerprint density at radius 2 is 1.16 bits per heavy atom. The molecule has 58 heavy (non-hydrogen) atoms. The summed E-state index contributed by atoms with van der Waals surface area (Å²) in [5.41, 5.74) is 4.66. The summed E-state index contributed by atoms with van der Waals surface area (Å²) in [5, 5.41) is 6.86. The van der Waals surface area contributed by atoms with E-state index in [-0.39, 0.29) is 31.0 Å². The zero-order valence-corrected chi connectivity index (χ0v) is 32.7. The molecule has 0 aliphatic heterocycles. The van der Waals surface area contributed by atoms with Crippen LogP contribution in [0.25, 0.3) is 65.7 Å². The highest BCUT2D eigenvalue weighted by Crippen LogP contribution is 2.53. The normalized spacial score (nSPS) is 13.4. The molecule has 0 atom stereocenters. The van der Waals surface area contributed by atoms with Gasteiger partial charge in [-0.25, -0.2) is 9.59 Å². The lowest BCUT2D eigenvalue weighted by atomic mass is 9.77. The molecule has 0 saturated heterocycles. The first kappa shape index (κ1) is 38.5. The minimum atomic E-state index is -4.66. The van der Waals surface area contributed by atoms with Crippen molar-refractivity contribution in [1.29, 1.82) is 0 Å². The molecule has 0 unspecified atom stereocenters. The van der Waals surface area contributed by atoms with Gasteiger partial charge in [0.1, 0.15) is 19.0 Å². The van der Waals surface area contributed by atoms with E-state index in [0.717, 1.165) is 62.2 Å². The Morgan fingerprint density at radius 3 is 1.74 bits per heavy atom. The second-order valence-electron chi connectivity index (χ2n) is 15.8. The predicted molar refractivity (Wildman–Crippen MR) is 224 cm³/mol. The largest absolute Gasteiger partial charge is 0.493 e. The number of ether oxygens (including phenoxy) is 3. The number of hydrogen-bond acceptors (Lipinski definition) is 5. The van der Waals surface area contributed by atoms with E-state index in [1.165, 1.54) is 27.8 Å². The van der Waals surface area contributed by atoms with E-state index in [0.29, 0.717) is 16.7 Å². The number of benzene rings is 7. The molecule has 8 heteroatoms. The fourth-order valence-corrected chi connectivity index (χ4v) is 8.42. The van der Waals surface area contributed by atoms with Gasteiger partial charge in [-0.1, -0.05) is 113 Å². The maximum absolute atomic E-state index is 14.3. The van der Waals surface area contributed by atoms with Crippen LogP contribution in [0.3, 0.4) is 0 Å². The summed E-state index contributed by atoms with van der Waals surface area (Å²) in [6.45, 7) is 15.0. The van der Waals surface area contributed by atoms with Gasteiger partial charge in [0.2, 0.25) is 0 Å². The van der Waals surface area contributed by atoms with Crippen LogP contribution in [0.2, 0.25) is 0 Å². The van der Waals surface area contributed by atoms with Crippen molar-refractivity contribution in [3.63, 3.8) is 0 Å². The second-order valence-corrected chi connectivity index (χ2v) is 15.8. The van der Waals surface area contributed by atoms with E-state index < -0.39 is 29.1 Å². The fourth-order valence-electron chi connectivity index (χ4n) is 8.42. The van der Waals surface area contributed by atoms with Gasteiger partial charge < -0.3 is 14.2 Å². The van der Waals surface area contributed by atoms with E-state index in [1.54, 1.807) is 25.1 Å². The van der Waals surface area contributed by atoms with Crippen molar-refractivity contribution in [3.05, 3.63) is 151 Å². The SMILES string of the molecule is C=CC(=O)OCC1(COC(=O)C=C)c2cc(-c3ccc(OCC)c(C(F)(F)F)c3)ccc2-c2ccc(-c3ccc4ccc5cc(C(C)(C)C)cc6ccc3c4c56)cc21. The minimum absolute atomic E-state index is 0.0227. The van der Waals surface area contributed by atoms with Gasteiger partial charge in [-0.15, -0.1) is 0 Å². The van der Waals surface area contributed by atoms with Crippen LogP contribution in [0.15, 0.2) is 128 Å². The van der Waals surface area contributed by atoms with Crippen LogP contribution in [0.4, 0.5) is 13.2 Å². The van der Waals surface area contributed by atoms with Crippen LogP contribution in [-0.2, 0) is 36.1 Å². The molecule has 0 N–H and O–H groups in total. The number of hydrogen-bond donors (Lipinski definition) is 0. The first-order chi connectivity index (χ1) is 27.7. The molecule has 0 radical (unpaired) electrons. The quantitative estimate of drug-likeness (QED) is 0.0786. The van der Waals surface area contributed by atoms with E-state index in [9.17, 15) is 22.8 Å². The first-order valence-corrected chi connectivity index (χ1v) is 19.1. The van der Waals surface area contributed by atoms with Gasteiger partial charge in [-0.2, -0.15) is 13.2 Å². The van der Waals surface area contributed by atoms with Gasteiger partial charge in [0.25, 0.3) is 0 Å². The molecule has 0 bridgehead atoms. The van der Waals surface area contributed by atoms with Gasteiger partial charge in [-0.3, -0.25) is 0 Å². The highest BCUT2D eigenvalue weighted by molar-refractivity contribution is 6.25. The van der Waals surface area contributed by atoms with E-state index >= 15 is 0 Å². The number of carbonyl (C=O) groups excluding carboxylic acids is 2. The van der Waals surface area contributed by atoms with Crippen molar-refractivity contribution in [2.24, 2.45) is 0 Å². The lowest BCUT2D eigenvalue weighted by Gasteiger charge is -2.31. The Morgan fingerprint density at radius 1 is 0.638 bits per heavy atom. The minimum Gasteiger partial charge on any atom is -0.493 e. The van der Waals surface area contributed by atoms with Crippen molar-refractivity contribution in [1.82, 2.24) is 0 Å². The topological polar surface area (TPSA) is 61.8 Å². The molecule has 0 spiro atoms. The first-order valence-electron chi connectivity index (χ1n) is 19.1. The zero-order chi connectivity index (χ0) is 41.1. The molecular weight excluding hydrogens is 738 g/mol. The average molecular weight is 779 g/mol. The van der Waals surface area contributed by atoms with Crippen molar-refractivity contribution in [3.8, 4) is 39.1 Å². The molecule has 1 aliphatic rings. The Kier molecular flexibility index (Phi) is 9.42. The van der Waals surface area contributed by atoms with Crippen molar-refractivity contribution >= 4 is 44.3 Å². The van der Waals surface area contributed by atoms with Crippen LogP contribution in [-0.4, -0.2) is 31.8 Å². The maximum Gasteiger partial charge on any atom is 0.419 e. The number of carbonyl (C=O) groups is 2. The number of rotatable bonds is 10. The van der Waals surface area contributed by atoms with Crippen LogP contribution < -0.4 is 4.74 Å². The number of alkyl halides is 3. The van der Waals surface area contributed by atoms with Crippen LogP contribution in [0.1, 0.15) is 49.9 Å². The molecule has 0 aromatic heterocycles. The summed E-state index contributed by atoms with van der Waals surface area (Å²) >= 11 is 0. The molecule has 8 rings (SSSR count). The summed E-state index contributed by atoms with van der Waals surface area (Å²) in [6, 6.07) is 32.9. The fraction of sp³-hybridized carbons (Fsp3) is 0.200. The Balaban J connectivity index is 1.33. The monoisotopic (exact) mass is 778 g/mol. The van der Waals surface area contributed by atoms with Crippen molar-refractivity contribution < 1.29 is 37.0 Å².